The Morgan fingerprint density at radius 1 is 1.00 bits per heavy atom. The number of hydrogen-bond donors (Lipinski definition) is 2. The largest absolute Gasteiger partial charge is 0.376 e. The molecule has 0 spiro atoms. The van der Waals surface area contributed by atoms with Crippen LogP contribution in [0.1, 0.15) is 43.0 Å². The number of halogens is 1. The molecule has 4 aromatic carbocycles. The molecule has 3 heterocycles. The Morgan fingerprint density at radius 3 is 2.51 bits per heavy atom. The summed E-state index contributed by atoms with van der Waals surface area (Å²) in [6, 6.07) is 31.2. The number of benzene rings is 4. The molecule has 0 unspecified atom stereocenters. The summed E-state index contributed by atoms with van der Waals surface area (Å²) < 4.78 is 30.3. The van der Waals surface area contributed by atoms with Gasteiger partial charge in [-0.05, 0) is 106 Å². The van der Waals surface area contributed by atoms with Crippen LogP contribution in [0.4, 0.5) is 17.2 Å². The summed E-state index contributed by atoms with van der Waals surface area (Å²) in [7, 11) is -0.252. The zero-order chi connectivity index (χ0) is 41.5. The molecular weight excluding hydrogens is 804 g/mol. The summed E-state index contributed by atoms with van der Waals surface area (Å²) in [5, 5.41) is 16.4. The third-order valence-corrected chi connectivity index (χ3v) is 14.0. The molecule has 0 radical (unpaired) electrons. The number of hydrogen-bond acceptors (Lipinski definition) is 11. The summed E-state index contributed by atoms with van der Waals surface area (Å²) in [5.74, 6) is 0.884. The number of likely N-dealkylation sites (tertiary alicyclic amines) is 1. The molecule has 0 aliphatic carbocycles. The Morgan fingerprint density at radius 2 is 1.76 bits per heavy atom. The lowest BCUT2D eigenvalue weighted by Gasteiger charge is -2.43. The summed E-state index contributed by atoms with van der Waals surface area (Å²) in [5.41, 5.74) is 5.18. The second kappa shape index (κ2) is 19.2. The van der Waals surface area contributed by atoms with Crippen molar-refractivity contribution < 1.29 is 13.3 Å². The Hall–Kier alpha value is -4.57. The third-order valence-electron chi connectivity index (χ3n) is 11.3. The van der Waals surface area contributed by atoms with Crippen LogP contribution in [0.3, 0.4) is 0 Å². The van der Waals surface area contributed by atoms with Crippen LogP contribution >= 0.6 is 23.4 Å². The van der Waals surface area contributed by atoms with Gasteiger partial charge in [-0.1, -0.05) is 66.2 Å². The lowest BCUT2D eigenvalue weighted by Crippen LogP contribution is -2.50. The number of thioether (sulfide) groups is 1. The van der Waals surface area contributed by atoms with E-state index in [1.807, 2.05) is 56.6 Å². The van der Waals surface area contributed by atoms with Gasteiger partial charge in [-0.25, -0.2) is 18.4 Å². The van der Waals surface area contributed by atoms with E-state index in [1.54, 1.807) is 11.8 Å². The van der Waals surface area contributed by atoms with Crippen LogP contribution in [0.5, 0.6) is 0 Å². The Balaban J connectivity index is 0.998. The fourth-order valence-corrected chi connectivity index (χ4v) is 10.2. The molecule has 1 saturated heterocycles. The van der Waals surface area contributed by atoms with Gasteiger partial charge < -0.3 is 10.2 Å². The van der Waals surface area contributed by atoms with E-state index >= 15 is 0 Å². The number of fused-ring (bicyclic) bond motifs is 1. The molecule has 0 amide bonds. The lowest BCUT2D eigenvalue weighted by molar-refractivity contribution is -0.384. The number of sulfonamides is 1. The molecule has 12 nitrogen and oxygen atoms in total. The molecule has 2 aliphatic rings. The van der Waals surface area contributed by atoms with Crippen molar-refractivity contribution in [2.45, 2.75) is 73.6 Å². The second-order valence-corrected chi connectivity index (χ2v) is 18.8. The normalized spacial score (nSPS) is 18.0. The van der Waals surface area contributed by atoms with Gasteiger partial charge in [0.15, 0.2) is 0 Å². The molecule has 1 fully saturated rings. The highest BCUT2D eigenvalue weighted by Crippen LogP contribution is 2.34. The van der Waals surface area contributed by atoms with E-state index in [0.717, 1.165) is 78.2 Å². The average molecular weight is 856 g/mol. The molecule has 3 atom stereocenters. The topological polar surface area (TPSA) is 137 Å². The highest BCUT2D eigenvalue weighted by atomic mass is 35.5. The molecule has 15 heteroatoms. The van der Waals surface area contributed by atoms with Gasteiger partial charge in [0.1, 0.15) is 17.8 Å². The molecular formula is C44H51ClN8O4S2. The van der Waals surface area contributed by atoms with Crippen LogP contribution in [0.15, 0.2) is 113 Å². The summed E-state index contributed by atoms with van der Waals surface area (Å²) >= 11 is 7.83. The fourth-order valence-electron chi connectivity index (χ4n) is 8.01. The van der Waals surface area contributed by atoms with Crippen molar-refractivity contribution in [3.63, 3.8) is 0 Å². The minimum absolute atomic E-state index is 0.104. The number of piperidine rings is 1. The van der Waals surface area contributed by atoms with Crippen LogP contribution in [0.25, 0.3) is 11.1 Å². The van der Waals surface area contributed by atoms with E-state index in [-0.39, 0.29) is 28.1 Å². The summed E-state index contributed by atoms with van der Waals surface area (Å²) in [6.07, 6.45) is 4.73. The summed E-state index contributed by atoms with van der Waals surface area (Å²) in [6.45, 7) is 6.23. The van der Waals surface area contributed by atoms with E-state index in [1.165, 1.54) is 29.6 Å². The minimum atomic E-state index is -4.22. The van der Waals surface area contributed by atoms with E-state index in [0.29, 0.717) is 30.8 Å². The number of anilines is 2. The highest BCUT2D eigenvalue weighted by molar-refractivity contribution is 7.99. The van der Waals surface area contributed by atoms with Crippen molar-refractivity contribution in [2.75, 3.05) is 49.5 Å². The number of nitrogens with one attached hydrogen (secondary N) is 2. The highest BCUT2D eigenvalue weighted by Gasteiger charge is 2.33. The SMILES string of the molecule is C[C@H]1C[C@@H](N2CCc3c(ncnc3NS(=O)(=O)c3ccc(N[C@H](CCN(C)C)CSc4ccccc4)c([N+](=O)[O-])c3)C2)CCN1Cc1ccccc1-c1ccc(Cl)cc1. The standard InChI is InChI=1S/C44H51ClN8O4S2/c1-31-25-36(20-23-51(31)27-33-9-7-8-12-39(33)32-13-15-34(45)16-14-32)52-24-21-40-42(28-52)46-30-47-44(40)49-59(56,57)38-17-18-41(43(26-38)53(54)55)48-35(19-22-50(2)3)29-58-37-10-5-4-6-11-37/h4-18,26,30-31,35-36,48H,19-25,27-29H2,1-3H3,(H,46,47,49)/t31-,35+,36-/m0/s1. The Kier molecular flexibility index (Phi) is 13.9. The first kappa shape index (κ1) is 42.6. The fraction of sp³-hybridized carbons (Fsp3) is 0.364. The van der Waals surface area contributed by atoms with E-state index in [9.17, 15) is 18.5 Å². The Labute approximate surface area is 356 Å². The van der Waals surface area contributed by atoms with Crippen LogP contribution in [0, 0.1) is 10.1 Å². The van der Waals surface area contributed by atoms with Gasteiger partial charge in [0, 0.05) is 71.6 Å². The quantitative estimate of drug-likeness (QED) is 0.0562. The van der Waals surface area contributed by atoms with Crippen molar-refractivity contribution in [3.8, 4) is 11.1 Å². The van der Waals surface area contributed by atoms with Gasteiger partial charge in [0.2, 0.25) is 0 Å². The predicted octanol–water partition coefficient (Wildman–Crippen LogP) is 8.44. The molecule has 7 rings (SSSR count). The predicted molar refractivity (Wildman–Crippen MR) is 238 cm³/mol. The molecule has 0 saturated carbocycles. The number of rotatable bonds is 16. The first-order valence-electron chi connectivity index (χ1n) is 20.0. The van der Waals surface area contributed by atoms with E-state index < -0.39 is 14.9 Å². The zero-order valence-electron chi connectivity index (χ0n) is 33.6. The van der Waals surface area contributed by atoms with Gasteiger partial charge in [-0.15, -0.1) is 11.8 Å². The third kappa shape index (κ3) is 10.8. The van der Waals surface area contributed by atoms with Gasteiger partial charge in [0.25, 0.3) is 15.7 Å². The van der Waals surface area contributed by atoms with E-state index in [4.69, 9.17) is 11.6 Å². The number of aromatic nitrogens is 2. The number of nitro benzene ring substituents is 1. The summed E-state index contributed by atoms with van der Waals surface area (Å²) in [4.78, 5) is 28.7. The Bertz CT molecular complexity index is 2340. The molecule has 2 N–H and O–H groups in total. The van der Waals surface area contributed by atoms with Crippen molar-refractivity contribution in [3.05, 3.63) is 135 Å². The van der Waals surface area contributed by atoms with Gasteiger partial charge in [-0.2, -0.15) is 0 Å². The minimum Gasteiger partial charge on any atom is -0.376 e. The zero-order valence-corrected chi connectivity index (χ0v) is 36.0. The monoisotopic (exact) mass is 854 g/mol. The maximum absolute atomic E-state index is 13.8. The van der Waals surface area contributed by atoms with Crippen LogP contribution < -0.4 is 10.0 Å². The van der Waals surface area contributed by atoms with Gasteiger partial charge >= 0.3 is 0 Å². The molecule has 2 aliphatic heterocycles. The average Bonchev–Trinajstić information content (AvgIpc) is 3.23. The molecule has 0 bridgehead atoms. The van der Waals surface area contributed by atoms with Gasteiger partial charge in [0.05, 0.1) is 15.5 Å². The molecule has 5 aromatic rings. The van der Waals surface area contributed by atoms with Crippen molar-refractivity contribution >= 4 is 50.6 Å². The van der Waals surface area contributed by atoms with E-state index in [2.05, 4.69) is 78.0 Å². The first-order chi connectivity index (χ1) is 28.4. The molecule has 1 aromatic heterocycles. The van der Waals surface area contributed by atoms with Crippen molar-refractivity contribution in [2.24, 2.45) is 0 Å². The van der Waals surface area contributed by atoms with Crippen molar-refractivity contribution in [1.82, 2.24) is 24.7 Å². The maximum Gasteiger partial charge on any atom is 0.293 e. The van der Waals surface area contributed by atoms with Crippen LogP contribution in [-0.2, 0) is 29.5 Å². The van der Waals surface area contributed by atoms with Crippen LogP contribution in [0.2, 0.25) is 5.02 Å². The van der Waals surface area contributed by atoms with Gasteiger partial charge in [-0.3, -0.25) is 24.6 Å². The van der Waals surface area contributed by atoms with Crippen LogP contribution in [-0.4, -0.2) is 95.6 Å². The maximum atomic E-state index is 13.8. The molecule has 310 valence electrons. The first-order valence-corrected chi connectivity index (χ1v) is 22.8. The smallest absolute Gasteiger partial charge is 0.293 e. The number of nitro groups is 1. The van der Waals surface area contributed by atoms with Crippen molar-refractivity contribution in [1.29, 1.82) is 0 Å². The molecule has 59 heavy (non-hydrogen) atoms. The second-order valence-electron chi connectivity index (χ2n) is 15.6. The number of nitrogens with zero attached hydrogens (tertiary/aromatic N) is 6. The lowest BCUT2D eigenvalue weighted by atomic mass is 9.93.